The fourth-order valence-corrected chi connectivity index (χ4v) is 0.989. The van der Waals surface area contributed by atoms with E-state index < -0.39 is 18.2 Å². The van der Waals surface area contributed by atoms with Crippen LogP contribution in [0.2, 0.25) is 0 Å². The number of carboxylic acid groups (broad SMARTS) is 1. The van der Waals surface area contributed by atoms with Gasteiger partial charge in [0.15, 0.2) is 5.69 Å². The summed E-state index contributed by atoms with van der Waals surface area (Å²) in [6, 6.07) is 4.50. The lowest BCUT2D eigenvalue weighted by atomic mass is 10.1. The minimum atomic E-state index is -1.26. The van der Waals surface area contributed by atoms with Crippen LogP contribution in [0.5, 0.6) is 0 Å². The van der Waals surface area contributed by atoms with Gasteiger partial charge in [0.1, 0.15) is 11.4 Å². The summed E-state index contributed by atoms with van der Waals surface area (Å²) in [4.78, 5) is 14.4. The van der Waals surface area contributed by atoms with E-state index in [9.17, 15) is 9.90 Å². The van der Waals surface area contributed by atoms with Crippen molar-refractivity contribution in [2.24, 2.45) is 0 Å². The summed E-state index contributed by atoms with van der Waals surface area (Å²) in [5, 5.41) is 29.8. The van der Waals surface area contributed by atoms with Crippen LogP contribution in [0.3, 0.4) is 0 Å². The van der Waals surface area contributed by atoms with Gasteiger partial charge < -0.3 is 20.6 Å². The Hall–Kier alpha value is -1.66. The third-order valence-electron chi connectivity index (χ3n) is 1.96. The number of hydrogen-bond donors (Lipinski definition) is 4. The van der Waals surface area contributed by atoms with Crippen molar-refractivity contribution in [3.63, 3.8) is 0 Å². The standard InChI is InChI=1S/C10H14N2O4/c1-10(16,6-13)5-11-8-4-2-3-7(12-8)9(14)15/h2-4,13,16H,5-6H2,1H3,(H,11,12)(H,14,15). The molecule has 4 N–H and O–H groups in total. The first-order valence-electron chi connectivity index (χ1n) is 4.72. The zero-order valence-corrected chi connectivity index (χ0v) is 8.84. The van der Waals surface area contributed by atoms with Crippen molar-refractivity contribution < 1.29 is 20.1 Å². The highest BCUT2D eigenvalue weighted by molar-refractivity contribution is 5.85. The number of carboxylic acids is 1. The van der Waals surface area contributed by atoms with E-state index in [1.54, 1.807) is 12.1 Å². The van der Waals surface area contributed by atoms with Gasteiger partial charge in [0.2, 0.25) is 0 Å². The molecule has 88 valence electrons. The number of carbonyl (C=O) groups is 1. The zero-order valence-electron chi connectivity index (χ0n) is 8.84. The Kier molecular flexibility index (Phi) is 3.81. The van der Waals surface area contributed by atoms with Gasteiger partial charge in [0, 0.05) is 6.54 Å². The number of nitrogens with zero attached hydrogens (tertiary/aromatic N) is 1. The van der Waals surface area contributed by atoms with E-state index in [2.05, 4.69) is 10.3 Å². The molecule has 1 rings (SSSR count). The van der Waals surface area contributed by atoms with Crippen LogP contribution in [-0.2, 0) is 0 Å². The molecule has 6 heteroatoms. The quantitative estimate of drug-likeness (QED) is 0.560. The van der Waals surface area contributed by atoms with Crippen LogP contribution in [-0.4, -0.2) is 45.0 Å². The summed E-state index contributed by atoms with van der Waals surface area (Å²) in [6.45, 7) is 1.15. The lowest BCUT2D eigenvalue weighted by molar-refractivity contribution is 0.0132. The van der Waals surface area contributed by atoms with Crippen LogP contribution >= 0.6 is 0 Å². The van der Waals surface area contributed by atoms with Crippen molar-refractivity contribution in [3.8, 4) is 0 Å². The molecule has 0 fully saturated rings. The molecular formula is C10H14N2O4. The van der Waals surface area contributed by atoms with Gasteiger partial charge in [0.05, 0.1) is 6.61 Å². The molecule has 6 nitrogen and oxygen atoms in total. The van der Waals surface area contributed by atoms with Crippen molar-refractivity contribution in [1.82, 2.24) is 4.98 Å². The van der Waals surface area contributed by atoms with Gasteiger partial charge in [-0.3, -0.25) is 0 Å². The molecule has 1 aromatic heterocycles. The average molecular weight is 226 g/mol. The van der Waals surface area contributed by atoms with Crippen molar-refractivity contribution in [3.05, 3.63) is 23.9 Å². The number of aliphatic hydroxyl groups is 2. The SMILES string of the molecule is CC(O)(CO)CNc1cccc(C(=O)O)n1. The first kappa shape index (κ1) is 12.4. The Morgan fingerprint density at radius 2 is 2.25 bits per heavy atom. The van der Waals surface area contributed by atoms with E-state index in [1.165, 1.54) is 13.0 Å². The van der Waals surface area contributed by atoms with Gasteiger partial charge in [-0.15, -0.1) is 0 Å². The maximum absolute atomic E-state index is 10.6. The highest BCUT2D eigenvalue weighted by Crippen LogP contribution is 2.08. The average Bonchev–Trinajstić information content (AvgIpc) is 2.27. The number of aliphatic hydroxyl groups excluding tert-OH is 1. The van der Waals surface area contributed by atoms with E-state index in [0.717, 1.165) is 0 Å². The van der Waals surface area contributed by atoms with E-state index in [1.807, 2.05) is 0 Å². The zero-order chi connectivity index (χ0) is 12.2. The highest BCUT2D eigenvalue weighted by Gasteiger charge is 2.18. The molecule has 0 radical (unpaired) electrons. The van der Waals surface area contributed by atoms with Crippen LogP contribution in [0.1, 0.15) is 17.4 Å². The molecular weight excluding hydrogens is 212 g/mol. The molecule has 0 saturated heterocycles. The fourth-order valence-electron chi connectivity index (χ4n) is 0.989. The molecule has 0 aliphatic carbocycles. The molecule has 1 heterocycles. The van der Waals surface area contributed by atoms with Crippen LogP contribution in [0.15, 0.2) is 18.2 Å². The predicted octanol–water partition coefficient (Wildman–Crippen LogP) is -0.0650. The lowest BCUT2D eigenvalue weighted by Gasteiger charge is -2.20. The van der Waals surface area contributed by atoms with Crippen LogP contribution in [0.25, 0.3) is 0 Å². The van der Waals surface area contributed by atoms with Crippen molar-refractivity contribution in [2.75, 3.05) is 18.5 Å². The van der Waals surface area contributed by atoms with Gasteiger partial charge in [0.25, 0.3) is 0 Å². The van der Waals surface area contributed by atoms with Crippen LogP contribution in [0, 0.1) is 0 Å². The first-order chi connectivity index (χ1) is 7.44. The summed E-state index contributed by atoms with van der Waals surface area (Å²) in [7, 11) is 0. The molecule has 16 heavy (non-hydrogen) atoms. The van der Waals surface area contributed by atoms with E-state index in [-0.39, 0.29) is 12.2 Å². The van der Waals surface area contributed by atoms with Gasteiger partial charge in [-0.25, -0.2) is 9.78 Å². The second-order valence-electron chi connectivity index (χ2n) is 3.72. The Labute approximate surface area is 92.6 Å². The second kappa shape index (κ2) is 4.91. The number of anilines is 1. The minimum absolute atomic E-state index is 0.0753. The fraction of sp³-hybridized carbons (Fsp3) is 0.400. The molecule has 0 aliphatic rings. The number of hydrogen-bond acceptors (Lipinski definition) is 5. The third-order valence-corrected chi connectivity index (χ3v) is 1.96. The number of pyridine rings is 1. The smallest absolute Gasteiger partial charge is 0.354 e. The summed E-state index contributed by atoms with van der Waals surface area (Å²) < 4.78 is 0. The Balaban J connectivity index is 2.68. The minimum Gasteiger partial charge on any atom is -0.477 e. The molecule has 0 aromatic carbocycles. The van der Waals surface area contributed by atoms with Crippen molar-refractivity contribution >= 4 is 11.8 Å². The Bertz CT molecular complexity index is 379. The van der Waals surface area contributed by atoms with Crippen LogP contribution < -0.4 is 5.32 Å². The molecule has 0 spiro atoms. The molecule has 0 amide bonds. The highest BCUT2D eigenvalue weighted by atomic mass is 16.4. The molecule has 1 atom stereocenters. The topological polar surface area (TPSA) is 103 Å². The summed E-state index contributed by atoms with van der Waals surface area (Å²) >= 11 is 0. The maximum Gasteiger partial charge on any atom is 0.354 e. The number of aromatic carboxylic acids is 1. The molecule has 0 saturated carbocycles. The first-order valence-corrected chi connectivity index (χ1v) is 4.72. The normalized spacial score (nSPS) is 14.2. The third kappa shape index (κ3) is 3.48. The monoisotopic (exact) mass is 226 g/mol. The number of aromatic nitrogens is 1. The summed E-state index contributed by atoms with van der Waals surface area (Å²) in [5.41, 5.74) is -1.34. The van der Waals surface area contributed by atoms with Gasteiger partial charge >= 0.3 is 5.97 Å². The molecule has 1 aromatic rings. The van der Waals surface area contributed by atoms with E-state index in [0.29, 0.717) is 5.82 Å². The van der Waals surface area contributed by atoms with Crippen molar-refractivity contribution in [1.29, 1.82) is 0 Å². The van der Waals surface area contributed by atoms with Gasteiger partial charge in [-0.1, -0.05) is 6.07 Å². The van der Waals surface area contributed by atoms with Gasteiger partial charge in [-0.2, -0.15) is 0 Å². The van der Waals surface area contributed by atoms with Crippen LogP contribution in [0.4, 0.5) is 5.82 Å². The predicted molar refractivity (Wildman–Crippen MR) is 57.4 cm³/mol. The number of rotatable bonds is 5. The molecule has 0 bridgehead atoms. The largest absolute Gasteiger partial charge is 0.477 e. The lowest BCUT2D eigenvalue weighted by Crippen LogP contribution is -2.37. The van der Waals surface area contributed by atoms with E-state index >= 15 is 0 Å². The van der Waals surface area contributed by atoms with Gasteiger partial charge in [-0.05, 0) is 19.1 Å². The Morgan fingerprint density at radius 1 is 1.56 bits per heavy atom. The maximum atomic E-state index is 10.6. The second-order valence-corrected chi connectivity index (χ2v) is 3.72. The summed E-state index contributed by atoms with van der Waals surface area (Å²) in [6.07, 6.45) is 0. The van der Waals surface area contributed by atoms with Crippen molar-refractivity contribution in [2.45, 2.75) is 12.5 Å². The Morgan fingerprint density at radius 3 is 2.81 bits per heavy atom. The molecule has 0 aliphatic heterocycles. The van der Waals surface area contributed by atoms with E-state index in [4.69, 9.17) is 10.2 Å². The number of nitrogens with one attached hydrogen (secondary N) is 1. The molecule has 1 unspecified atom stereocenters. The summed E-state index contributed by atoms with van der Waals surface area (Å²) in [5.74, 6) is -0.772.